The number of amides is 1. The average Bonchev–Trinajstić information content (AvgIpc) is 3.29. The predicted octanol–water partition coefficient (Wildman–Crippen LogP) is 5.64. The number of alkyl halides is 3. The van der Waals surface area contributed by atoms with Crippen LogP contribution in [0.5, 0.6) is 5.75 Å². The van der Waals surface area contributed by atoms with E-state index in [9.17, 15) is 18.0 Å². The van der Waals surface area contributed by atoms with E-state index in [0.29, 0.717) is 17.5 Å². The molecular formula is C25H22F3N5O2S. The van der Waals surface area contributed by atoms with Crippen molar-refractivity contribution in [3.63, 3.8) is 0 Å². The summed E-state index contributed by atoms with van der Waals surface area (Å²) in [6.45, 7) is 0.366. The van der Waals surface area contributed by atoms with Crippen molar-refractivity contribution >= 4 is 29.0 Å². The van der Waals surface area contributed by atoms with Crippen LogP contribution in [0.3, 0.4) is 0 Å². The number of carbonyl (C=O) groups is 1. The first-order chi connectivity index (χ1) is 17.3. The second kappa shape index (κ2) is 11.2. The normalized spacial score (nSPS) is 11.2. The Hall–Kier alpha value is -3.99. The van der Waals surface area contributed by atoms with Gasteiger partial charge in [0.25, 0.3) is 0 Å². The minimum absolute atomic E-state index is 0.0624. The average molecular weight is 514 g/mol. The molecule has 0 spiro atoms. The molecule has 4 aromatic rings. The van der Waals surface area contributed by atoms with Crippen molar-refractivity contribution in [2.45, 2.75) is 17.9 Å². The summed E-state index contributed by atoms with van der Waals surface area (Å²) in [5.41, 5.74) is 0.929. The van der Waals surface area contributed by atoms with Gasteiger partial charge in [0.05, 0.1) is 25.0 Å². The summed E-state index contributed by atoms with van der Waals surface area (Å²) in [4.78, 5) is 12.5. The number of hydrogen-bond donors (Lipinski definition) is 2. The molecule has 0 unspecified atom stereocenters. The van der Waals surface area contributed by atoms with Crippen molar-refractivity contribution in [1.29, 1.82) is 0 Å². The van der Waals surface area contributed by atoms with Crippen LogP contribution in [0.2, 0.25) is 0 Å². The van der Waals surface area contributed by atoms with E-state index in [-0.39, 0.29) is 11.4 Å². The Kier molecular flexibility index (Phi) is 7.79. The van der Waals surface area contributed by atoms with Crippen molar-refractivity contribution < 1.29 is 22.7 Å². The summed E-state index contributed by atoms with van der Waals surface area (Å²) in [5.74, 6) is 0.848. The third-order valence-corrected chi connectivity index (χ3v) is 5.99. The van der Waals surface area contributed by atoms with Crippen LogP contribution in [0.1, 0.15) is 11.4 Å². The fraction of sp³-hybridized carbons (Fsp3) is 0.160. The van der Waals surface area contributed by atoms with Crippen LogP contribution in [0.4, 0.5) is 24.5 Å². The van der Waals surface area contributed by atoms with Crippen molar-refractivity contribution in [3.05, 3.63) is 90.3 Å². The molecule has 1 amide bonds. The number of rotatable bonds is 9. The number of nitrogens with zero attached hydrogens (tertiary/aromatic N) is 3. The summed E-state index contributed by atoms with van der Waals surface area (Å²) in [7, 11) is 1.60. The maximum Gasteiger partial charge on any atom is 0.416 e. The molecule has 0 aliphatic carbocycles. The van der Waals surface area contributed by atoms with E-state index in [1.54, 1.807) is 7.11 Å². The SMILES string of the molecule is COc1ccc(NCc2nnc(SCC(=O)Nc3cccc(C(F)(F)F)c3)n2-c2ccccc2)cc1. The lowest BCUT2D eigenvalue weighted by Crippen LogP contribution is -2.15. The van der Waals surface area contributed by atoms with E-state index in [1.165, 1.54) is 12.1 Å². The zero-order chi connectivity index (χ0) is 25.5. The lowest BCUT2D eigenvalue weighted by atomic mass is 10.2. The van der Waals surface area contributed by atoms with Gasteiger partial charge in [-0.1, -0.05) is 36.0 Å². The van der Waals surface area contributed by atoms with Gasteiger partial charge in [-0.2, -0.15) is 13.2 Å². The fourth-order valence-electron chi connectivity index (χ4n) is 3.34. The Morgan fingerprint density at radius 2 is 1.72 bits per heavy atom. The molecule has 4 rings (SSSR count). The fourth-order valence-corrected chi connectivity index (χ4v) is 4.11. The van der Waals surface area contributed by atoms with E-state index in [1.807, 2.05) is 59.2 Å². The number of nitrogens with one attached hydrogen (secondary N) is 2. The molecule has 0 fully saturated rings. The highest BCUT2D eigenvalue weighted by molar-refractivity contribution is 7.99. The molecule has 0 atom stereocenters. The number of thioether (sulfide) groups is 1. The maximum atomic E-state index is 12.9. The highest BCUT2D eigenvalue weighted by Crippen LogP contribution is 2.31. The number of hydrogen-bond acceptors (Lipinski definition) is 6. The van der Waals surface area contributed by atoms with Crippen LogP contribution in [0.25, 0.3) is 5.69 Å². The summed E-state index contributed by atoms with van der Waals surface area (Å²) in [5, 5.41) is 14.8. The second-order valence-electron chi connectivity index (χ2n) is 7.57. The van der Waals surface area contributed by atoms with Gasteiger partial charge < -0.3 is 15.4 Å². The zero-order valence-corrected chi connectivity index (χ0v) is 19.9. The number of halogens is 3. The molecule has 1 heterocycles. The number of carbonyl (C=O) groups excluding carboxylic acids is 1. The largest absolute Gasteiger partial charge is 0.497 e. The van der Waals surface area contributed by atoms with Gasteiger partial charge in [-0.15, -0.1) is 10.2 Å². The maximum absolute atomic E-state index is 12.9. The molecule has 1 aromatic heterocycles. The van der Waals surface area contributed by atoms with Gasteiger partial charge in [0, 0.05) is 17.1 Å². The van der Waals surface area contributed by atoms with Crippen LogP contribution >= 0.6 is 11.8 Å². The third-order valence-electron chi connectivity index (χ3n) is 5.06. The number of para-hydroxylation sites is 1. The molecular weight excluding hydrogens is 491 g/mol. The number of methoxy groups -OCH3 is 1. The molecule has 0 radical (unpaired) electrons. The van der Waals surface area contributed by atoms with Gasteiger partial charge in [0.15, 0.2) is 11.0 Å². The minimum atomic E-state index is -4.49. The standard InChI is InChI=1S/C25H22F3N5O2S/c1-35-21-12-10-18(11-13-21)29-15-22-31-32-24(33(22)20-8-3-2-4-9-20)36-16-23(34)30-19-7-5-6-17(14-19)25(26,27)28/h2-14,29H,15-16H2,1H3,(H,30,34). The molecule has 186 valence electrons. The Balaban J connectivity index is 1.46. The highest BCUT2D eigenvalue weighted by Gasteiger charge is 2.30. The molecule has 0 saturated carbocycles. The van der Waals surface area contributed by atoms with E-state index in [0.717, 1.165) is 41.0 Å². The highest BCUT2D eigenvalue weighted by atomic mass is 32.2. The summed E-state index contributed by atoms with van der Waals surface area (Å²) >= 11 is 1.14. The molecule has 7 nitrogen and oxygen atoms in total. The summed E-state index contributed by atoms with van der Waals surface area (Å²) < 4.78 is 45.8. The predicted molar refractivity (Wildman–Crippen MR) is 132 cm³/mol. The van der Waals surface area contributed by atoms with Gasteiger partial charge in [-0.3, -0.25) is 9.36 Å². The first-order valence-corrected chi connectivity index (χ1v) is 11.8. The first-order valence-electron chi connectivity index (χ1n) is 10.8. The summed E-state index contributed by atoms with van der Waals surface area (Å²) in [6, 6.07) is 21.4. The zero-order valence-electron chi connectivity index (χ0n) is 19.1. The van der Waals surface area contributed by atoms with Gasteiger partial charge in [0.1, 0.15) is 5.75 Å². The van der Waals surface area contributed by atoms with Crippen molar-refractivity contribution in [3.8, 4) is 11.4 Å². The first kappa shape index (κ1) is 25.1. The quantitative estimate of drug-likeness (QED) is 0.282. The van der Waals surface area contributed by atoms with Crippen molar-refractivity contribution in [2.75, 3.05) is 23.5 Å². The van der Waals surface area contributed by atoms with Gasteiger partial charge in [-0.25, -0.2) is 0 Å². The van der Waals surface area contributed by atoms with Crippen LogP contribution in [-0.4, -0.2) is 33.5 Å². The number of ether oxygens (including phenoxy) is 1. The van der Waals surface area contributed by atoms with Gasteiger partial charge in [0.2, 0.25) is 5.91 Å². The molecule has 36 heavy (non-hydrogen) atoms. The Morgan fingerprint density at radius 1 is 0.972 bits per heavy atom. The van der Waals surface area contributed by atoms with Crippen LogP contribution < -0.4 is 15.4 Å². The Labute approximate surface area is 209 Å². The molecule has 0 saturated heterocycles. The summed E-state index contributed by atoms with van der Waals surface area (Å²) in [6.07, 6.45) is -4.49. The Morgan fingerprint density at radius 3 is 2.42 bits per heavy atom. The van der Waals surface area contributed by atoms with E-state index < -0.39 is 17.6 Å². The number of aromatic nitrogens is 3. The second-order valence-corrected chi connectivity index (χ2v) is 8.51. The molecule has 0 aliphatic heterocycles. The molecule has 3 aromatic carbocycles. The smallest absolute Gasteiger partial charge is 0.416 e. The molecule has 2 N–H and O–H groups in total. The van der Waals surface area contributed by atoms with E-state index in [2.05, 4.69) is 20.8 Å². The monoisotopic (exact) mass is 513 g/mol. The van der Waals surface area contributed by atoms with Gasteiger partial charge in [-0.05, 0) is 54.6 Å². The Bertz CT molecular complexity index is 1310. The number of benzene rings is 3. The number of anilines is 2. The van der Waals surface area contributed by atoms with Crippen LogP contribution in [-0.2, 0) is 17.5 Å². The molecule has 0 aliphatic rings. The molecule has 11 heteroatoms. The third kappa shape index (κ3) is 6.36. The van der Waals surface area contributed by atoms with E-state index in [4.69, 9.17) is 4.74 Å². The molecule has 0 bridgehead atoms. The van der Waals surface area contributed by atoms with Gasteiger partial charge >= 0.3 is 6.18 Å². The lowest BCUT2D eigenvalue weighted by Gasteiger charge is -2.12. The van der Waals surface area contributed by atoms with Crippen LogP contribution in [0.15, 0.2) is 84.0 Å². The topological polar surface area (TPSA) is 81.1 Å². The van der Waals surface area contributed by atoms with Crippen molar-refractivity contribution in [1.82, 2.24) is 14.8 Å². The van der Waals surface area contributed by atoms with Crippen molar-refractivity contribution in [2.24, 2.45) is 0 Å². The van der Waals surface area contributed by atoms with E-state index >= 15 is 0 Å². The lowest BCUT2D eigenvalue weighted by molar-refractivity contribution is -0.137. The minimum Gasteiger partial charge on any atom is -0.497 e. The van der Waals surface area contributed by atoms with Crippen LogP contribution in [0, 0.1) is 0 Å².